The van der Waals surface area contributed by atoms with Gasteiger partial charge in [0.05, 0.1) is 5.69 Å². The summed E-state index contributed by atoms with van der Waals surface area (Å²) in [6, 6.07) is 4.71. The van der Waals surface area contributed by atoms with Crippen LogP contribution in [0.4, 0.5) is 10.1 Å². The lowest BCUT2D eigenvalue weighted by Crippen LogP contribution is -2.30. The Kier molecular flexibility index (Phi) is 3.97. The minimum Gasteiger partial charge on any atom is -0.330 e. The first-order valence-corrected chi connectivity index (χ1v) is 6.39. The molecule has 0 spiro atoms. The molecule has 1 saturated carbocycles. The molecule has 1 aromatic rings. The molecule has 4 heteroatoms. The van der Waals surface area contributed by atoms with Crippen LogP contribution in [0.25, 0.3) is 0 Å². The van der Waals surface area contributed by atoms with E-state index in [4.69, 9.17) is 5.73 Å². The van der Waals surface area contributed by atoms with E-state index in [9.17, 15) is 9.18 Å². The molecule has 18 heavy (non-hydrogen) atoms. The van der Waals surface area contributed by atoms with Gasteiger partial charge in [-0.1, -0.05) is 12.5 Å². The van der Waals surface area contributed by atoms with Crippen LogP contribution in [0.2, 0.25) is 0 Å². The molecular weight excluding hydrogens is 231 g/mol. The molecule has 2 atom stereocenters. The van der Waals surface area contributed by atoms with E-state index in [1.165, 1.54) is 6.07 Å². The van der Waals surface area contributed by atoms with Gasteiger partial charge in [0, 0.05) is 5.92 Å². The van der Waals surface area contributed by atoms with Gasteiger partial charge in [0.1, 0.15) is 5.82 Å². The molecule has 2 rings (SSSR count). The van der Waals surface area contributed by atoms with Crippen LogP contribution in [0.3, 0.4) is 0 Å². The second-order valence-corrected chi connectivity index (χ2v) is 5.01. The van der Waals surface area contributed by atoms with Crippen LogP contribution in [0, 0.1) is 24.6 Å². The van der Waals surface area contributed by atoms with E-state index in [1.54, 1.807) is 12.1 Å². The Labute approximate surface area is 107 Å². The van der Waals surface area contributed by atoms with E-state index in [1.807, 2.05) is 6.92 Å². The Morgan fingerprint density at radius 3 is 3.00 bits per heavy atom. The normalized spacial score (nSPS) is 23.1. The van der Waals surface area contributed by atoms with Crippen molar-refractivity contribution in [1.82, 2.24) is 0 Å². The third-order valence-electron chi connectivity index (χ3n) is 3.68. The van der Waals surface area contributed by atoms with Crippen molar-refractivity contribution in [2.45, 2.75) is 26.2 Å². The van der Waals surface area contributed by atoms with E-state index in [0.717, 1.165) is 24.8 Å². The van der Waals surface area contributed by atoms with E-state index in [-0.39, 0.29) is 23.4 Å². The number of amides is 1. The number of benzene rings is 1. The molecule has 3 nitrogen and oxygen atoms in total. The van der Waals surface area contributed by atoms with E-state index >= 15 is 0 Å². The Hall–Kier alpha value is -1.42. The fraction of sp³-hybridized carbons (Fsp3) is 0.500. The summed E-state index contributed by atoms with van der Waals surface area (Å²) < 4.78 is 13.6. The molecule has 0 bridgehead atoms. The average Bonchev–Trinajstić information content (AvgIpc) is 2.82. The highest BCUT2D eigenvalue weighted by molar-refractivity contribution is 5.93. The van der Waals surface area contributed by atoms with Gasteiger partial charge in [0.25, 0.3) is 0 Å². The van der Waals surface area contributed by atoms with Crippen molar-refractivity contribution in [1.29, 1.82) is 0 Å². The summed E-state index contributed by atoms with van der Waals surface area (Å²) >= 11 is 0. The predicted octanol–water partition coefficient (Wildman–Crippen LogP) is 2.45. The quantitative estimate of drug-likeness (QED) is 0.865. The van der Waals surface area contributed by atoms with Crippen molar-refractivity contribution in [3.05, 3.63) is 29.6 Å². The zero-order chi connectivity index (χ0) is 13.1. The summed E-state index contributed by atoms with van der Waals surface area (Å²) in [5.74, 6) is -0.337. The number of carbonyl (C=O) groups excluding carboxylic acids is 1. The third-order valence-corrected chi connectivity index (χ3v) is 3.68. The molecule has 3 N–H and O–H groups in total. The molecule has 1 fully saturated rings. The number of nitrogens with one attached hydrogen (secondary N) is 1. The molecule has 0 aliphatic heterocycles. The molecule has 0 heterocycles. The topological polar surface area (TPSA) is 55.1 Å². The van der Waals surface area contributed by atoms with Crippen LogP contribution in [0.5, 0.6) is 0 Å². The van der Waals surface area contributed by atoms with Crippen LogP contribution in [0.1, 0.15) is 24.8 Å². The minimum absolute atomic E-state index is 0.0742. The Balaban J connectivity index is 2.09. The maximum Gasteiger partial charge on any atom is 0.227 e. The molecule has 1 amide bonds. The monoisotopic (exact) mass is 250 g/mol. The summed E-state index contributed by atoms with van der Waals surface area (Å²) in [6.45, 7) is 2.39. The summed E-state index contributed by atoms with van der Waals surface area (Å²) in [5.41, 5.74) is 6.85. The first kappa shape index (κ1) is 13.0. The number of anilines is 1. The fourth-order valence-corrected chi connectivity index (χ4v) is 2.62. The molecule has 0 unspecified atom stereocenters. The van der Waals surface area contributed by atoms with E-state index < -0.39 is 5.82 Å². The van der Waals surface area contributed by atoms with Crippen molar-refractivity contribution >= 4 is 11.6 Å². The number of halogens is 1. The minimum atomic E-state index is -0.392. The number of hydrogen-bond donors (Lipinski definition) is 2. The maximum atomic E-state index is 13.6. The number of nitrogens with two attached hydrogens (primary N) is 1. The van der Waals surface area contributed by atoms with Gasteiger partial charge >= 0.3 is 0 Å². The summed E-state index contributed by atoms with van der Waals surface area (Å²) in [6.07, 6.45) is 2.86. The SMILES string of the molecule is Cc1ccc(F)c(NC(=O)[C@@H]2CCC[C@@H]2CN)c1. The smallest absolute Gasteiger partial charge is 0.227 e. The van der Waals surface area contributed by atoms with Gasteiger partial charge in [0.15, 0.2) is 0 Å². The largest absolute Gasteiger partial charge is 0.330 e. The number of aryl methyl sites for hydroxylation is 1. The van der Waals surface area contributed by atoms with Crippen LogP contribution >= 0.6 is 0 Å². The zero-order valence-corrected chi connectivity index (χ0v) is 10.6. The fourth-order valence-electron chi connectivity index (χ4n) is 2.62. The lowest BCUT2D eigenvalue weighted by Gasteiger charge is -2.17. The van der Waals surface area contributed by atoms with Crippen LogP contribution < -0.4 is 11.1 Å². The summed E-state index contributed by atoms with van der Waals surface area (Å²) in [5, 5.41) is 2.69. The predicted molar refractivity (Wildman–Crippen MR) is 69.7 cm³/mol. The van der Waals surface area contributed by atoms with Gasteiger partial charge in [-0.3, -0.25) is 4.79 Å². The highest BCUT2D eigenvalue weighted by Gasteiger charge is 2.32. The molecule has 1 aliphatic carbocycles. The zero-order valence-electron chi connectivity index (χ0n) is 10.6. The van der Waals surface area contributed by atoms with E-state index in [0.29, 0.717) is 6.54 Å². The average molecular weight is 250 g/mol. The Morgan fingerprint density at radius 1 is 1.50 bits per heavy atom. The number of rotatable bonds is 3. The first-order valence-electron chi connectivity index (χ1n) is 6.39. The second kappa shape index (κ2) is 5.48. The lowest BCUT2D eigenvalue weighted by molar-refractivity contribution is -0.120. The number of hydrogen-bond acceptors (Lipinski definition) is 2. The summed E-state index contributed by atoms with van der Waals surface area (Å²) in [4.78, 5) is 12.1. The van der Waals surface area contributed by atoms with Gasteiger partial charge in [-0.05, 0) is 49.9 Å². The highest BCUT2D eigenvalue weighted by Crippen LogP contribution is 2.32. The van der Waals surface area contributed by atoms with Gasteiger partial charge in [-0.15, -0.1) is 0 Å². The molecule has 0 radical (unpaired) electrons. The number of carbonyl (C=O) groups is 1. The van der Waals surface area contributed by atoms with Gasteiger partial charge in [0.2, 0.25) is 5.91 Å². The second-order valence-electron chi connectivity index (χ2n) is 5.01. The molecule has 98 valence electrons. The molecule has 1 aliphatic rings. The van der Waals surface area contributed by atoms with Crippen molar-refractivity contribution in [2.24, 2.45) is 17.6 Å². The Morgan fingerprint density at radius 2 is 2.28 bits per heavy atom. The third kappa shape index (κ3) is 2.70. The van der Waals surface area contributed by atoms with Crippen LogP contribution in [-0.4, -0.2) is 12.5 Å². The van der Waals surface area contributed by atoms with Crippen molar-refractivity contribution in [2.75, 3.05) is 11.9 Å². The molecule has 0 saturated heterocycles. The van der Waals surface area contributed by atoms with Gasteiger partial charge in [-0.2, -0.15) is 0 Å². The van der Waals surface area contributed by atoms with Gasteiger partial charge < -0.3 is 11.1 Å². The van der Waals surface area contributed by atoms with Gasteiger partial charge in [-0.25, -0.2) is 4.39 Å². The van der Waals surface area contributed by atoms with Crippen LogP contribution in [-0.2, 0) is 4.79 Å². The summed E-state index contributed by atoms with van der Waals surface area (Å²) in [7, 11) is 0. The molecule has 1 aromatic carbocycles. The lowest BCUT2D eigenvalue weighted by atomic mass is 9.95. The highest BCUT2D eigenvalue weighted by atomic mass is 19.1. The Bertz CT molecular complexity index is 447. The van der Waals surface area contributed by atoms with Crippen molar-refractivity contribution in [3.8, 4) is 0 Å². The van der Waals surface area contributed by atoms with Crippen molar-refractivity contribution in [3.63, 3.8) is 0 Å². The first-order chi connectivity index (χ1) is 8.61. The van der Waals surface area contributed by atoms with Crippen molar-refractivity contribution < 1.29 is 9.18 Å². The standard InChI is InChI=1S/C14H19FN2O/c1-9-5-6-12(15)13(7-9)17-14(18)11-4-2-3-10(11)8-16/h5-7,10-11H,2-4,8,16H2,1H3,(H,17,18)/t10-,11-/m1/s1. The van der Waals surface area contributed by atoms with E-state index in [2.05, 4.69) is 5.32 Å². The molecule has 0 aromatic heterocycles. The molecular formula is C14H19FN2O. The van der Waals surface area contributed by atoms with Crippen LogP contribution in [0.15, 0.2) is 18.2 Å². The maximum absolute atomic E-state index is 13.6.